The lowest BCUT2D eigenvalue weighted by molar-refractivity contribution is 0.473. The molecule has 0 radical (unpaired) electrons. The fraction of sp³-hybridized carbons (Fsp3) is 0.400. The van der Waals surface area contributed by atoms with Crippen molar-refractivity contribution in [3.8, 4) is 5.75 Å². The summed E-state index contributed by atoms with van der Waals surface area (Å²) in [5.41, 5.74) is 3.32. The Morgan fingerprint density at radius 3 is 2.07 bits per heavy atom. The molecule has 0 amide bonds. The zero-order valence-corrected chi connectivity index (χ0v) is 18.6. The van der Waals surface area contributed by atoms with Crippen LogP contribution in [-0.4, -0.2) is 13.9 Å². The van der Waals surface area contributed by atoms with Crippen LogP contribution < -0.4 is 4.72 Å². The summed E-state index contributed by atoms with van der Waals surface area (Å²) in [6, 6.07) is 7.71. The normalized spacial score (nSPS) is 13.5. The van der Waals surface area contributed by atoms with Gasteiger partial charge in [-0.3, -0.25) is 9.27 Å². The van der Waals surface area contributed by atoms with E-state index in [1.807, 2.05) is 20.8 Å². The molecule has 0 aromatic heterocycles. The summed E-state index contributed by atoms with van der Waals surface area (Å²) in [5, 5.41) is 10.3. The van der Waals surface area contributed by atoms with E-state index < -0.39 is 16.7 Å². The van der Waals surface area contributed by atoms with Crippen molar-refractivity contribution in [3.05, 3.63) is 56.6 Å². The molecule has 0 fully saturated rings. The molecule has 0 heterocycles. The van der Waals surface area contributed by atoms with Crippen LogP contribution in [0, 0.1) is 6.92 Å². The Hall–Kier alpha value is -1.27. The third-order valence-electron chi connectivity index (χ3n) is 4.68. The molecule has 0 spiro atoms. The molecule has 0 aliphatic heterocycles. The molecular formula is C20H25Cl2NO3S. The van der Waals surface area contributed by atoms with Crippen LogP contribution in [0.15, 0.2) is 24.3 Å². The number of benzene rings is 2. The van der Waals surface area contributed by atoms with Gasteiger partial charge >= 0.3 is 0 Å². The van der Waals surface area contributed by atoms with Gasteiger partial charge in [0.2, 0.25) is 0 Å². The fourth-order valence-corrected chi connectivity index (χ4v) is 4.16. The van der Waals surface area contributed by atoms with Crippen molar-refractivity contribution in [1.82, 2.24) is 0 Å². The molecule has 1 unspecified atom stereocenters. The molecule has 0 aliphatic rings. The molecule has 0 aliphatic carbocycles. The molecule has 0 saturated heterocycles. The van der Waals surface area contributed by atoms with Gasteiger partial charge < -0.3 is 5.11 Å². The molecule has 1 atom stereocenters. The van der Waals surface area contributed by atoms with Crippen LogP contribution in [0.1, 0.15) is 56.9 Å². The highest BCUT2D eigenvalue weighted by Crippen LogP contribution is 2.47. The van der Waals surface area contributed by atoms with Gasteiger partial charge in [-0.05, 0) is 29.5 Å². The summed E-state index contributed by atoms with van der Waals surface area (Å²) >= 11 is 10.1. The number of aryl methyl sites for hydroxylation is 1. The second kappa shape index (κ2) is 7.63. The van der Waals surface area contributed by atoms with Crippen LogP contribution in [0.2, 0.25) is 10.0 Å². The predicted molar refractivity (Wildman–Crippen MR) is 115 cm³/mol. The highest BCUT2D eigenvalue weighted by Gasteiger charge is 2.32. The SMILES string of the molecule is Cc1cc(C(C)(C)C)cc(C(C)(C)c2c(NS(=O)O)cc(Cl)c(O)c2Cl)c1. The molecule has 4 nitrogen and oxygen atoms in total. The molecule has 2 aromatic rings. The quantitative estimate of drug-likeness (QED) is 0.401. The largest absolute Gasteiger partial charge is 0.505 e. The minimum atomic E-state index is -2.31. The number of phenols is 1. The van der Waals surface area contributed by atoms with Gasteiger partial charge in [0.15, 0.2) is 5.75 Å². The number of hydrogen-bond donors (Lipinski definition) is 3. The Kier molecular flexibility index (Phi) is 6.22. The standard InChI is InChI=1S/C20H25Cl2NO3S/c1-11-7-12(19(2,3)4)9-13(8-11)20(5,6)16-15(23-27(25)26)10-14(21)18(24)17(16)22/h7-10,23-24H,1-6H3,(H,25,26). The number of hydrogen-bond acceptors (Lipinski definition) is 2. The van der Waals surface area contributed by atoms with Gasteiger partial charge in [-0.1, -0.05) is 81.6 Å². The molecule has 2 rings (SSSR count). The third kappa shape index (κ3) is 4.60. The van der Waals surface area contributed by atoms with Crippen molar-refractivity contribution in [2.45, 2.75) is 52.4 Å². The van der Waals surface area contributed by atoms with E-state index in [1.165, 1.54) is 11.6 Å². The van der Waals surface area contributed by atoms with Gasteiger partial charge in [-0.25, -0.2) is 4.21 Å². The number of rotatable bonds is 4. The topological polar surface area (TPSA) is 69.6 Å². The third-order valence-corrected chi connectivity index (χ3v) is 5.73. The van der Waals surface area contributed by atoms with Crippen molar-refractivity contribution in [1.29, 1.82) is 0 Å². The van der Waals surface area contributed by atoms with Gasteiger partial charge in [0.1, 0.15) is 0 Å². The fourth-order valence-electron chi connectivity index (χ4n) is 3.12. The first-order chi connectivity index (χ1) is 12.2. The lowest BCUT2D eigenvalue weighted by Crippen LogP contribution is -2.24. The number of anilines is 1. The van der Waals surface area contributed by atoms with E-state index in [-0.39, 0.29) is 21.2 Å². The minimum absolute atomic E-state index is 0.00660. The summed E-state index contributed by atoms with van der Waals surface area (Å²) in [7, 11) is 0. The lowest BCUT2D eigenvalue weighted by Gasteiger charge is -2.32. The number of halogens is 2. The Balaban J connectivity index is 2.79. The summed E-state index contributed by atoms with van der Waals surface area (Å²) < 4.78 is 23.2. The average Bonchev–Trinajstić information content (AvgIpc) is 2.50. The van der Waals surface area contributed by atoms with Crippen molar-refractivity contribution < 1.29 is 13.9 Å². The Morgan fingerprint density at radius 1 is 1.00 bits per heavy atom. The zero-order chi connectivity index (χ0) is 20.7. The van der Waals surface area contributed by atoms with Gasteiger partial charge in [0, 0.05) is 11.0 Å². The first-order valence-corrected chi connectivity index (χ1v) is 10.3. The first-order valence-electron chi connectivity index (χ1n) is 8.46. The lowest BCUT2D eigenvalue weighted by atomic mass is 9.74. The smallest absolute Gasteiger partial charge is 0.259 e. The van der Waals surface area contributed by atoms with E-state index in [4.69, 9.17) is 23.2 Å². The summed E-state index contributed by atoms with van der Waals surface area (Å²) in [5.74, 6) is -0.251. The monoisotopic (exact) mass is 429 g/mol. The maximum Gasteiger partial charge on any atom is 0.259 e. The molecule has 0 bridgehead atoms. The predicted octanol–water partition coefficient (Wildman–Crippen LogP) is 6.18. The summed E-state index contributed by atoms with van der Waals surface area (Å²) in [6.45, 7) is 12.4. The van der Waals surface area contributed by atoms with Crippen molar-refractivity contribution >= 4 is 40.2 Å². The van der Waals surface area contributed by atoms with Gasteiger partial charge in [-0.2, -0.15) is 0 Å². The number of aromatic hydroxyl groups is 1. The van der Waals surface area contributed by atoms with Crippen LogP contribution in [-0.2, 0) is 22.1 Å². The second-order valence-corrected chi connectivity index (χ2v) is 9.75. The molecule has 7 heteroatoms. The van der Waals surface area contributed by atoms with Crippen LogP contribution in [0.3, 0.4) is 0 Å². The van der Waals surface area contributed by atoms with E-state index in [2.05, 4.69) is 43.7 Å². The van der Waals surface area contributed by atoms with Crippen LogP contribution in [0.4, 0.5) is 5.69 Å². The van der Waals surface area contributed by atoms with E-state index in [9.17, 15) is 13.9 Å². The summed E-state index contributed by atoms with van der Waals surface area (Å²) in [4.78, 5) is 0. The molecule has 2 aromatic carbocycles. The van der Waals surface area contributed by atoms with Crippen LogP contribution in [0.5, 0.6) is 5.75 Å². The summed E-state index contributed by atoms with van der Waals surface area (Å²) in [6.07, 6.45) is 0. The number of phenolic OH excluding ortho intramolecular Hbond substituents is 1. The first kappa shape index (κ1) is 22.0. The van der Waals surface area contributed by atoms with E-state index >= 15 is 0 Å². The van der Waals surface area contributed by atoms with E-state index in [0.29, 0.717) is 11.3 Å². The maximum atomic E-state index is 11.4. The van der Waals surface area contributed by atoms with Crippen molar-refractivity contribution in [3.63, 3.8) is 0 Å². The molecule has 3 N–H and O–H groups in total. The Labute approximate surface area is 173 Å². The zero-order valence-electron chi connectivity index (χ0n) is 16.3. The number of nitrogens with one attached hydrogen (secondary N) is 1. The molecule has 0 saturated carbocycles. The maximum absolute atomic E-state index is 11.4. The molecule has 27 heavy (non-hydrogen) atoms. The highest BCUT2D eigenvalue weighted by atomic mass is 35.5. The Bertz CT molecular complexity index is 905. The van der Waals surface area contributed by atoms with Crippen LogP contribution >= 0.6 is 23.2 Å². The highest BCUT2D eigenvalue weighted by molar-refractivity contribution is 7.80. The van der Waals surface area contributed by atoms with Crippen LogP contribution in [0.25, 0.3) is 0 Å². The Morgan fingerprint density at radius 2 is 1.56 bits per heavy atom. The molecule has 148 valence electrons. The van der Waals surface area contributed by atoms with E-state index in [1.54, 1.807) is 0 Å². The van der Waals surface area contributed by atoms with E-state index in [0.717, 1.165) is 11.1 Å². The second-order valence-electron chi connectivity index (χ2n) is 8.26. The van der Waals surface area contributed by atoms with Gasteiger partial charge in [-0.15, -0.1) is 0 Å². The van der Waals surface area contributed by atoms with Crippen molar-refractivity contribution in [2.75, 3.05) is 4.72 Å². The average molecular weight is 430 g/mol. The molecular weight excluding hydrogens is 405 g/mol. The minimum Gasteiger partial charge on any atom is -0.505 e. The van der Waals surface area contributed by atoms with Crippen molar-refractivity contribution in [2.24, 2.45) is 0 Å². The van der Waals surface area contributed by atoms with Gasteiger partial charge in [0.25, 0.3) is 11.3 Å². The van der Waals surface area contributed by atoms with Gasteiger partial charge in [0.05, 0.1) is 15.7 Å².